The first-order chi connectivity index (χ1) is 5.24. The highest BCUT2D eigenvalue weighted by molar-refractivity contribution is 9.10. The van der Waals surface area contributed by atoms with Crippen molar-refractivity contribution in [2.45, 2.75) is 6.04 Å². The van der Waals surface area contributed by atoms with E-state index in [9.17, 15) is 0 Å². The maximum atomic E-state index is 5.68. The molecule has 1 aromatic rings. The predicted molar refractivity (Wildman–Crippen MR) is 55.2 cm³/mol. The number of nitrogens with zero attached hydrogens (tertiary/aromatic N) is 1. The van der Waals surface area contributed by atoms with Gasteiger partial charge in [0, 0.05) is 29.5 Å². The van der Waals surface area contributed by atoms with Gasteiger partial charge in [-0.05, 0) is 27.6 Å². The molecule has 1 rings (SSSR count). The predicted octanol–water partition coefficient (Wildman–Crippen LogP) is 1.22. The summed E-state index contributed by atoms with van der Waals surface area (Å²) in [5.41, 5.74) is 12.0. The number of halogens is 2. The van der Waals surface area contributed by atoms with Crippen LogP contribution >= 0.6 is 28.3 Å². The van der Waals surface area contributed by atoms with Crippen molar-refractivity contribution in [2.75, 3.05) is 6.54 Å². The number of hydrogen-bond donors (Lipinski definition) is 2. The van der Waals surface area contributed by atoms with Crippen molar-refractivity contribution in [2.24, 2.45) is 11.5 Å². The SMILES string of the molecule is Cl.NC[C@H](N)c1cncc(Br)c1. The molecule has 0 unspecified atom stereocenters. The smallest absolute Gasteiger partial charge is 0.0435 e. The van der Waals surface area contributed by atoms with E-state index < -0.39 is 0 Å². The normalized spacial score (nSPS) is 11.9. The van der Waals surface area contributed by atoms with Crippen molar-refractivity contribution in [1.82, 2.24) is 4.98 Å². The number of pyridine rings is 1. The van der Waals surface area contributed by atoms with Crippen LogP contribution in [0.15, 0.2) is 22.9 Å². The molecule has 3 nitrogen and oxygen atoms in total. The molecule has 0 saturated heterocycles. The topological polar surface area (TPSA) is 64.9 Å². The molecule has 0 aliphatic carbocycles. The Kier molecular flexibility index (Phi) is 5.41. The molecule has 5 heteroatoms. The third-order valence-electron chi connectivity index (χ3n) is 1.41. The zero-order chi connectivity index (χ0) is 8.27. The minimum atomic E-state index is -0.111. The van der Waals surface area contributed by atoms with Crippen LogP contribution < -0.4 is 11.5 Å². The van der Waals surface area contributed by atoms with E-state index in [0.29, 0.717) is 6.54 Å². The number of nitrogens with two attached hydrogens (primary N) is 2. The zero-order valence-electron chi connectivity index (χ0n) is 6.40. The lowest BCUT2D eigenvalue weighted by atomic mass is 10.1. The third kappa shape index (κ3) is 3.06. The van der Waals surface area contributed by atoms with E-state index in [1.165, 1.54) is 0 Å². The van der Waals surface area contributed by atoms with Crippen LogP contribution in [0.25, 0.3) is 0 Å². The van der Waals surface area contributed by atoms with Crippen molar-refractivity contribution in [1.29, 1.82) is 0 Å². The quantitative estimate of drug-likeness (QED) is 0.832. The Labute approximate surface area is 86.1 Å². The summed E-state index contributed by atoms with van der Waals surface area (Å²) in [6, 6.07) is 1.81. The highest BCUT2D eigenvalue weighted by atomic mass is 79.9. The van der Waals surface area contributed by atoms with Crippen LogP contribution in [0, 0.1) is 0 Å². The molecule has 1 atom stereocenters. The van der Waals surface area contributed by atoms with Gasteiger partial charge in [-0.2, -0.15) is 0 Å². The van der Waals surface area contributed by atoms with Gasteiger partial charge in [-0.3, -0.25) is 4.98 Å². The maximum Gasteiger partial charge on any atom is 0.0435 e. The lowest BCUT2D eigenvalue weighted by Crippen LogP contribution is -2.20. The summed E-state index contributed by atoms with van der Waals surface area (Å²) in [7, 11) is 0. The van der Waals surface area contributed by atoms with Gasteiger partial charge < -0.3 is 11.5 Å². The second-order valence-corrected chi connectivity index (χ2v) is 3.19. The van der Waals surface area contributed by atoms with Gasteiger partial charge in [0.05, 0.1) is 0 Å². The Balaban J connectivity index is 0.00000121. The highest BCUT2D eigenvalue weighted by Gasteiger charge is 2.02. The molecule has 0 aliphatic rings. The summed E-state index contributed by atoms with van der Waals surface area (Å²) in [5, 5.41) is 0. The molecular weight excluding hydrogens is 241 g/mol. The minimum absolute atomic E-state index is 0. The summed E-state index contributed by atoms with van der Waals surface area (Å²) in [5.74, 6) is 0. The van der Waals surface area contributed by atoms with E-state index in [-0.39, 0.29) is 18.4 Å². The average Bonchev–Trinajstić information content (AvgIpc) is 2.03. The molecule has 0 aliphatic heterocycles. The first-order valence-electron chi connectivity index (χ1n) is 3.30. The maximum absolute atomic E-state index is 5.68. The fraction of sp³-hybridized carbons (Fsp3) is 0.286. The van der Waals surface area contributed by atoms with Gasteiger partial charge in [-0.25, -0.2) is 0 Å². The molecule has 1 aromatic heterocycles. The van der Waals surface area contributed by atoms with Crippen LogP contribution in [-0.4, -0.2) is 11.5 Å². The lowest BCUT2D eigenvalue weighted by molar-refractivity contribution is 0.732. The molecule has 68 valence electrons. The van der Waals surface area contributed by atoms with E-state index >= 15 is 0 Å². The fourth-order valence-electron chi connectivity index (χ4n) is 0.767. The number of hydrogen-bond acceptors (Lipinski definition) is 3. The summed E-state index contributed by atoms with van der Waals surface area (Å²) >= 11 is 3.30. The highest BCUT2D eigenvalue weighted by Crippen LogP contribution is 2.13. The van der Waals surface area contributed by atoms with E-state index in [1.54, 1.807) is 12.4 Å². The van der Waals surface area contributed by atoms with Gasteiger partial charge in [0.25, 0.3) is 0 Å². The van der Waals surface area contributed by atoms with Gasteiger partial charge >= 0.3 is 0 Å². The summed E-state index contributed by atoms with van der Waals surface area (Å²) in [6.07, 6.45) is 3.44. The van der Waals surface area contributed by atoms with Crippen LogP contribution in [0.3, 0.4) is 0 Å². The molecule has 12 heavy (non-hydrogen) atoms. The molecule has 0 bridgehead atoms. The fourth-order valence-corrected chi connectivity index (χ4v) is 1.15. The van der Waals surface area contributed by atoms with Crippen LogP contribution in [0.4, 0.5) is 0 Å². The van der Waals surface area contributed by atoms with Crippen molar-refractivity contribution < 1.29 is 0 Å². The first kappa shape index (κ1) is 11.8. The Morgan fingerprint density at radius 1 is 1.50 bits per heavy atom. The van der Waals surface area contributed by atoms with Crippen molar-refractivity contribution in [3.8, 4) is 0 Å². The third-order valence-corrected chi connectivity index (χ3v) is 1.84. The second-order valence-electron chi connectivity index (χ2n) is 2.28. The molecular formula is C7H11BrClN3. The van der Waals surface area contributed by atoms with E-state index in [4.69, 9.17) is 11.5 Å². The Morgan fingerprint density at radius 2 is 2.17 bits per heavy atom. The van der Waals surface area contributed by atoms with Gasteiger partial charge in [0.1, 0.15) is 0 Å². The lowest BCUT2D eigenvalue weighted by Gasteiger charge is -2.07. The minimum Gasteiger partial charge on any atom is -0.329 e. The van der Waals surface area contributed by atoms with Gasteiger partial charge in [0.2, 0.25) is 0 Å². The van der Waals surface area contributed by atoms with Crippen molar-refractivity contribution in [3.05, 3.63) is 28.5 Å². The van der Waals surface area contributed by atoms with E-state index in [2.05, 4.69) is 20.9 Å². The van der Waals surface area contributed by atoms with Crippen LogP contribution in [0.1, 0.15) is 11.6 Å². The molecule has 0 fully saturated rings. The molecule has 1 heterocycles. The second kappa shape index (κ2) is 5.48. The largest absolute Gasteiger partial charge is 0.329 e. The van der Waals surface area contributed by atoms with Gasteiger partial charge in [-0.1, -0.05) is 0 Å². The average molecular weight is 253 g/mol. The van der Waals surface area contributed by atoms with Crippen LogP contribution in [0.2, 0.25) is 0 Å². The van der Waals surface area contributed by atoms with Crippen LogP contribution in [-0.2, 0) is 0 Å². The van der Waals surface area contributed by atoms with E-state index in [1.807, 2.05) is 6.07 Å². The summed E-state index contributed by atoms with van der Waals surface area (Å²) < 4.78 is 0.930. The Morgan fingerprint density at radius 3 is 2.67 bits per heavy atom. The number of rotatable bonds is 2. The summed E-state index contributed by atoms with van der Waals surface area (Å²) in [4.78, 5) is 3.97. The van der Waals surface area contributed by atoms with E-state index in [0.717, 1.165) is 10.0 Å². The van der Waals surface area contributed by atoms with Crippen LogP contribution in [0.5, 0.6) is 0 Å². The molecule has 0 radical (unpaired) electrons. The van der Waals surface area contributed by atoms with Gasteiger partial charge in [-0.15, -0.1) is 12.4 Å². The Bertz CT molecular complexity index is 244. The van der Waals surface area contributed by atoms with Crippen molar-refractivity contribution >= 4 is 28.3 Å². The van der Waals surface area contributed by atoms with Gasteiger partial charge in [0.15, 0.2) is 0 Å². The zero-order valence-corrected chi connectivity index (χ0v) is 8.81. The van der Waals surface area contributed by atoms with Crippen molar-refractivity contribution in [3.63, 3.8) is 0 Å². The molecule has 4 N–H and O–H groups in total. The first-order valence-corrected chi connectivity index (χ1v) is 4.09. The standard InChI is InChI=1S/C7H10BrN3.ClH/c8-6-1-5(3-11-4-6)7(10)2-9;/h1,3-4,7H,2,9-10H2;1H/t7-;/m0./s1. The molecule has 0 amide bonds. The Hall–Kier alpha value is -0.160. The molecule has 0 aromatic carbocycles. The number of aromatic nitrogens is 1. The monoisotopic (exact) mass is 251 g/mol. The molecule has 0 saturated carbocycles. The molecule has 0 spiro atoms. The summed E-state index contributed by atoms with van der Waals surface area (Å²) in [6.45, 7) is 0.443.